The molecule has 130 valence electrons. The van der Waals surface area contributed by atoms with Crippen molar-refractivity contribution in [2.45, 2.75) is 17.4 Å². The summed E-state index contributed by atoms with van der Waals surface area (Å²) < 4.78 is 5.75. The zero-order valence-electron chi connectivity index (χ0n) is 14.0. The molecule has 4 aromatic rings. The Morgan fingerprint density at radius 1 is 0.962 bits per heavy atom. The molecule has 0 bridgehead atoms. The molecule has 0 aliphatic carbocycles. The van der Waals surface area contributed by atoms with Crippen LogP contribution in [0.25, 0.3) is 11.1 Å². The van der Waals surface area contributed by atoms with E-state index in [1.54, 1.807) is 0 Å². The van der Waals surface area contributed by atoms with Gasteiger partial charge in [0.25, 0.3) is 5.22 Å². The molecule has 1 unspecified atom stereocenters. The Labute approximate surface area is 154 Å². The zero-order valence-corrected chi connectivity index (χ0v) is 14.8. The second kappa shape index (κ2) is 7.01. The second-order valence-corrected chi connectivity index (χ2v) is 6.87. The van der Waals surface area contributed by atoms with Crippen molar-refractivity contribution >= 4 is 40.4 Å². The van der Waals surface area contributed by atoms with Crippen LogP contribution in [0.2, 0.25) is 0 Å². The van der Waals surface area contributed by atoms with E-state index >= 15 is 0 Å². The van der Waals surface area contributed by atoms with Gasteiger partial charge >= 0.3 is 0 Å². The van der Waals surface area contributed by atoms with Gasteiger partial charge in [0, 0.05) is 5.69 Å². The third kappa shape index (κ3) is 3.60. The number of aromatic nitrogens is 4. The highest BCUT2D eigenvalue weighted by Crippen LogP contribution is 2.34. The lowest BCUT2D eigenvalue weighted by atomic mass is 10.3. The first-order valence-electron chi connectivity index (χ1n) is 8.03. The van der Waals surface area contributed by atoms with E-state index in [2.05, 4.69) is 25.3 Å². The van der Waals surface area contributed by atoms with Crippen molar-refractivity contribution in [3.8, 4) is 0 Å². The number of nitrogens with two attached hydrogens (primary N) is 1. The Kier molecular flexibility index (Phi) is 4.40. The van der Waals surface area contributed by atoms with E-state index in [1.807, 2.05) is 61.5 Å². The summed E-state index contributed by atoms with van der Waals surface area (Å²) in [7, 11) is 0. The molecule has 4 rings (SSSR count). The normalized spacial score (nSPS) is 12.2. The Balaban J connectivity index is 1.56. The summed E-state index contributed by atoms with van der Waals surface area (Å²) in [6.07, 6.45) is 0. The number of benzene rings is 2. The summed E-state index contributed by atoms with van der Waals surface area (Å²) in [6, 6.07) is 17.3. The van der Waals surface area contributed by atoms with E-state index in [0.29, 0.717) is 17.0 Å². The average Bonchev–Trinajstić information content (AvgIpc) is 3.04. The van der Waals surface area contributed by atoms with Gasteiger partial charge in [-0.05, 0) is 31.2 Å². The molecule has 0 spiro atoms. The fourth-order valence-electron chi connectivity index (χ4n) is 2.40. The van der Waals surface area contributed by atoms with E-state index in [9.17, 15) is 0 Å². The van der Waals surface area contributed by atoms with Crippen LogP contribution in [0.1, 0.15) is 18.0 Å². The van der Waals surface area contributed by atoms with E-state index in [0.717, 1.165) is 16.8 Å². The van der Waals surface area contributed by atoms with Gasteiger partial charge in [0.1, 0.15) is 11.3 Å². The molecule has 0 fully saturated rings. The lowest BCUT2D eigenvalue weighted by molar-refractivity contribution is 0.488. The van der Waals surface area contributed by atoms with Crippen molar-refractivity contribution < 1.29 is 4.42 Å². The number of nitrogens with zero attached hydrogens (tertiary/aromatic N) is 4. The molecule has 0 saturated carbocycles. The predicted octanol–water partition coefficient (Wildman–Crippen LogP) is 4.19. The summed E-state index contributed by atoms with van der Waals surface area (Å²) in [5.74, 6) is 1.13. The maximum Gasteiger partial charge on any atom is 0.257 e. The number of para-hydroxylation sites is 3. The molecule has 0 aliphatic heterocycles. The third-order valence-electron chi connectivity index (χ3n) is 3.62. The molecule has 2 heterocycles. The number of oxazole rings is 1. The highest BCUT2D eigenvalue weighted by Gasteiger charge is 2.17. The smallest absolute Gasteiger partial charge is 0.257 e. The first-order chi connectivity index (χ1) is 12.7. The maximum atomic E-state index is 5.85. The van der Waals surface area contributed by atoms with E-state index in [1.165, 1.54) is 11.8 Å². The molecule has 0 radical (unpaired) electrons. The van der Waals surface area contributed by atoms with Gasteiger partial charge in [-0.25, -0.2) is 4.98 Å². The fraction of sp³-hybridized carbons (Fsp3) is 0.111. The number of hydrogen-bond acceptors (Lipinski definition) is 8. The van der Waals surface area contributed by atoms with Crippen LogP contribution in [0.5, 0.6) is 0 Å². The molecule has 1 atom stereocenters. The van der Waals surface area contributed by atoms with Crippen molar-refractivity contribution in [1.82, 2.24) is 19.9 Å². The lowest BCUT2D eigenvalue weighted by Gasteiger charge is -2.10. The number of thioether (sulfide) groups is 1. The highest BCUT2D eigenvalue weighted by molar-refractivity contribution is 7.99. The molecule has 2 aromatic carbocycles. The van der Waals surface area contributed by atoms with Gasteiger partial charge in [-0.1, -0.05) is 42.1 Å². The van der Waals surface area contributed by atoms with Crippen LogP contribution in [0.3, 0.4) is 0 Å². The van der Waals surface area contributed by atoms with Crippen molar-refractivity contribution in [2.75, 3.05) is 11.1 Å². The molecule has 7 nitrogen and oxygen atoms in total. The van der Waals surface area contributed by atoms with Crippen LogP contribution < -0.4 is 11.1 Å². The molecule has 26 heavy (non-hydrogen) atoms. The van der Waals surface area contributed by atoms with Crippen LogP contribution in [0.4, 0.5) is 17.6 Å². The monoisotopic (exact) mass is 364 g/mol. The van der Waals surface area contributed by atoms with E-state index in [-0.39, 0.29) is 11.2 Å². The van der Waals surface area contributed by atoms with Crippen LogP contribution >= 0.6 is 11.8 Å². The van der Waals surface area contributed by atoms with Gasteiger partial charge in [-0.3, -0.25) is 0 Å². The minimum Gasteiger partial charge on any atom is -0.431 e. The van der Waals surface area contributed by atoms with Crippen LogP contribution in [-0.4, -0.2) is 19.9 Å². The number of hydrogen-bond donors (Lipinski definition) is 2. The Morgan fingerprint density at radius 3 is 2.54 bits per heavy atom. The molecule has 8 heteroatoms. The summed E-state index contributed by atoms with van der Waals surface area (Å²) >= 11 is 1.43. The fourth-order valence-corrected chi connectivity index (χ4v) is 3.21. The van der Waals surface area contributed by atoms with Crippen molar-refractivity contribution in [2.24, 2.45) is 0 Å². The van der Waals surface area contributed by atoms with Gasteiger partial charge in [-0.15, -0.1) is 0 Å². The van der Waals surface area contributed by atoms with Crippen molar-refractivity contribution in [3.63, 3.8) is 0 Å². The topological polar surface area (TPSA) is 103 Å². The molecule has 3 N–H and O–H groups in total. The molecule has 0 saturated heterocycles. The number of rotatable bonds is 5. The van der Waals surface area contributed by atoms with Gasteiger partial charge in [0.2, 0.25) is 11.9 Å². The summed E-state index contributed by atoms with van der Waals surface area (Å²) in [4.78, 5) is 17.3. The standard InChI is InChI=1S/C18H16N6OS/c1-11(26-18-21-13-9-5-6-10-14(13)25-18)15-22-16(19)24-17(23-15)20-12-7-3-2-4-8-12/h2-11H,1H3,(H3,19,20,22,23,24). The summed E-state index contributed by atoms with van der Waals surface area (Å²) in [6.45, 7) is 1.97. The molecule has 0 amide bonds. The lowest BCUT2D eigenvalue weighted by Crippen LogP contribution is -2.08. The maximum absolute atomic E-state index is 5.85. The summed E-state index contributed by atoms with van der Waals surface area (Å²) in [5, 5.41) is 3.59. The Hall–Kier alpha value is -3.13. The van der Waals surface area contributed by atoms with Crippen LogP contribution in [0, 0.1) is 0 Å². The van der Waals surface area contributed by atoms with E-state index in [4.69, 9.17) is 10.2 Å². The summed E-state index contributed by atoms with van der Waals surface area (Å²) in [5.41, 5.74) is 8.31. The average molecular weight is 364 g/mol. The van der Waals surface area contributed by atoms with Gasteiger partial charge in [0.15, 0.2) is 5.58 Å². The van der Waals surface area contributed by atoms with Crippen LogP contribution in [-0.2, 0) is 0 Å². The number of nitrogens with one attached hydrogen (secondary N) is 1. The minimum atomic E-state index is -0.107. The highest BCUT2D eigenvalue weighted by atomic mass is 32.2. The van der Waals surface area contributed by atoms with Gasteiger partial charge in [0.05, 0.1) is 5.25 Å². The predicted molar refractivity (Wildman–Crippen MR) is 102 cm³/mol. The largest absolute Gasteiger partial charge is 0.431 e. The molecular formula is C18H16N6OS. The quantitative estimate of drug-likeness (QED) is 0.508. The molecular weight excluding hydrogens is 348 g/mol. The first kappa shape index (κ1) is 16.3. The first-order valence-corrected chi connectivity index (χ1v) is 8.91. The third-order valence-corrected chi connectivity index (χ3v) is 4.56. The number of nitrogen functional groups attached to an aromatic ring is 1. The van der Waals surface area contributed by atoms with Crippen LogP contribution in [0.15, 0.2) is 64.2 Å². The van der Waals surface area contributed by atoms with Gasteiger partial charge in [-0.2, -0.15) is 15.0 Å². The van der Waals surface area contributed by atoms with Crippen molar-refractivity contribution in [1.29, 1.82) is 0 Å². The van der Waals surface area contributed by atoms with E-state index < -0.39 is 0 Å². The second-order valence-electron chi connectivity index (χ2n) is 5.57. The zero-order chi connectivity index (χ0) is 17.9. The molecule has 0 aliphatic rings. The SMILES string of the molecule is CC(Sc1nc2ccccc2o1)c1nc(N)nc(Nc2ccccc2)n1. The Bertz CT molecular complexity index is 1000. The minimum absolute atomic E-state index is 0.107. The van der Waals surface area contributed by atoms with Crippen molar-refractivity contribution in [3.05, 3.63) is 60.4 Å². The molecule has 2 aromatic heterocycles. The number of anilines is 3. The number of fused-ring (bicyclic) bond motifs is 1. The van der Waals surface area contributed by atoms with Gasteiger partial charge < -0.3 is 15.5 Å². The Morgan fingerprint density at radius 2 is 1.73 bits per heavy atom.